The summed E-state index contributed by atoms with van der Waals surface area (Å²) in [5.74, 6) is 1.74. The number of hydrogen-bond acceptors (Lipinski definition) is 1. The van der Waals surface area contributed by atoms with Crippen LogP contribution in [0.1, 0.15) is 70.9 Å². The highest BCUT2D eigenvalue weighted by molar-refractivity contribution is 6.30. The average Bonchev–Trinajstić information content (AvgIpc) is 2.45. The number of rotatable bonds is 6. The third kappa shape index (κ3) is 5.30. The number of halogens is 1. The van der Waals surface area contributed by atoms with Crippen molar-refractivity contribution in [3.05, 3.63) is 34.9 Å². The molecular formula is C19H30ClN. The molecule has 118 valence electrons. The van der Waals surface area contributed by atoms with Crippen molar-refractivity contribution < 1.29 is 0 Å². The molecule has 1 fully saturated rings. The standard InChI is InChI=1S/C19H30ClN/c1-4-19(16-8-10-17(20)11-9-16)21-18-7-5-6-15(13-18)12-14(2)3/h8-11,14-15,18-19,21H,4-7,12-13H2,1-3H3. The molecule has 0 spiro atoms. The van der Waals surface area contributed by atoms with Gasteiger partial charge in [0.1, 0.15) is 0 Å². The molecule has 0 amide bonds. The Morgan fingerprint density at radius 3 is 2.52 bits per heavy atom. The van der Waals surface area contributed by atoms with Gasteiger partial charge >= 0.3 is 0 Å². The molecule has 21 heavy (non-hydrogen) atoms. The van der Waals surface area contributed by atoms with Crippen LogP contribution in [0.15, 0.2) is 24.3 Å². The predicted octanol–water partition coefficient (Wildman–Crippen LogP) is 5.99. The van der Waals surface area contributed by atoms with E-state index in [1.807, 2.05) is 12.1 Å². The maximum absolute atomic E-state index is 6.00. The Hall–Kier alpha value is -0.530. The minimum atomic E-state index is 0.463. The fraction of sp³-hybridized carbons (Fsp3) is 0.684. The van der Waals surface area contributed by atoms with Crippen molar-refractivity contribution in [2.24, 2.45) is 11.8 Å². The maximum atomic E-state index is 6.00. The van der Waals surface area contributed by atoms with E-state index in [-0.39, 0.29) is 0 Å². The van der Waals surface area contributed by atoms with Crippen molar-refractivity contribution >= 4 is 11.6 Å². The molecule has 1 aliphatic carbocycles. The maximum Gasteiger partial charge on any atom is 0.0406 e. The molecule has 1 nitrogen and oxygen atoms in total. The van der Waals surface area contributed by atoms with Crippen molar-refractivity contribution in [1.82, 2.24) is 5.32 Å². The molecule has 1 N–H and O–H groups in total. The number of benzene rings is 1. The second kappa shape index (κ2) is 8.19. The van der Waals surface area contributed by atoms with Crippen molar-refractivity contribution in [2.45, 2.75) is 71.4 Å². The van der Waals surface area contributed by atoms with Crippen LogP contribution in [0.4, 0.5) is 0 Å². The van der Waals surface area contributed by atoms with E-state index < -0.39 is 0 Å². The predicted molar refractivity (Wildman–Crippen MR) is 92.8 cm³/mol. The zero-order valence-corrected chi connectivity index (χ0v) is 14.5. The van der Waals surface area contributed by atoms with Crippen molar-refractivity contribution in [2.75, 3.05) is 0 Å². The Kier molecular flexibility index (Phi) is 6.57. The molecule has 0 heterocycles. The molecule has 2 rings (SSSR count). The molecule has 1 aromatic carbocycles. The summed E-state index contributed by atoms with van der Waals surface area (Å²) in [4.78, 5) is 0. The lowest BCUT2D eigenvalue weighted by Gasteiger charge is -2.33. The Balaban J connectivity index is 1.93. The summed E-state index contributed by atoms with van der Waals surface area (Å²) in [7, 11) is 0. The van der Waals surface area contributed by atoms with Crippen LogP contribution in [-0.2, 0) is 0 Å². The molecule has 1 aromatic rings. The van der Waals surface area contributed by atoms with E-state index in [0.29, 0.717) is 12.1 Å². The van der Waals surface area contributed by atoms with Gasteiger partial charge in [0.25, 0.3) is 0 Å². The highest BCUT2D eigenvalue weighted by atomic mass is 35.5. The van der Waals surface area contributed by atoms with Crippen LogP contribution < -0.4 is 5.32 Å². The van der Waals surface area contributed by atoms with Crippen LogP contribution in [0, 0.1) is 11.8 Å². The van der Waals surface area contributed by atoms with E-state index >= 15 is 0 Å². The van der Waals surface area contributed by atoms with Gasteiger partial charge in [-0.3, -0.25) is 0 Å². The largest absolute Gasteiger partial charge is 0.307 e. The molecular weight excluding hydrogens is 278 g/mol. The van der Waals surface area contributed by atoms with Gasteiger partial charge in [-0.2, -0.15) is 0 Å². The zero-order chi connectivity index (χ0) is 15.2. The lowest BCUT2D eigenvalue weighted by molar-refractivity contribution is 0.238. The quantitative estimate of drug-likeness (QED) is 0.681. The van der Waals surface area contributed by atoms with Gasteiger partial charge in [-0.25, -0.2) is 0 Å². The molecule has 0 bridgehead atoms. The fourth-order valence-corrected chi connectivity index (χ4v) is 3.88. The van der Waals surface area contributed by atoms with Gasteiger partial charge in [-0.05, 0) is 55.2 Å². The van der Waals surface area contributed by atoms with Crippen molar-refractivity contribution in [1.29, 1.82) is 0 Å². The Morgan fingerprint density at radius 2 is 1.90 bits per heavy atom. The summed E-state index contributed by atoms with van der Waals surface area (Å²) in [6.45, 7) is 6.96. The van der Waals surface area contributed by atoms with Gasteiger partial charge in [0.15, 0.2) is 0 Å². The number of hydrogen-bond donors (Lipinski definition) is 1. The Morgan fingerprint density at radius 1 is 1.19 bits per heavy atom. The first-order valence-electron chi connectivity index (χ1n) is 8.60. The first kappa shape index (κ1) is 16.8. The van der Waals surface area contributed by atoms with Gasteiger partial charge < -0.3 is 5.32 Å². The molecule has 0 aromatic heterocycles. The number of nitrogens with one attached hydrogen (secondary N) is 1. The normalized spacial score (nSPS) is 24.2. The Labute approximate surface area is 135 Å². The second-order valence-corrected chi connectivity index (χ2v) is 7.47. The van der Waals surface area contributed by atoms with Crippen molar-refractivity contribution in [3.63, 3.8) is 0 Å². The highest BCUT2D eigenvalue weighted by Crippen LogP contribution is 2.31. The van der Waals surface area contributed by atoms with Gasteiger partial charge in [0.05, 0.1) is 0 Å². The zero-order valence-electron chi connectivity index (χ0n) is 13.7. The third-order valence-corrected chi connectivity index (χ3v) is 4.96. The smallest absolute Gasteiger partial charge is 0.0406 e. The van der Waals surface area contributed by atoms with Gasteiger partial charge in [0.2, 0.25) is 0 Å². The monoisotopic (exact) mass is 307 g/mol. The summed E-state index contributed by atoms with van der Waals surface area (Å²) in [5.41, 5.74) is 1.37. The first-order chi connectivity index (χ1) is 10.1. The van der Waals surface area contributed by atoms with Crippen LogP contribution >= 0.6 is 11.6 Å². The molecule has 3 atom stereocenters. The molecule has 3 unspecified atom stereocenters. The SMILES string of the molecule is CCC(NC1CCCC(CC(C)C)C1)c1ccc(Cl)cc1. The Bertz CT molecular complexity index is 412. The first-order valence-corrected chi connectivity index (χ1v) is 8.97. The molecule has 0 saturated heterocycles. The van der Waals surface area contributed by atoms with E-state index in [4.69, 9.17) is 11.6 Å². The minimum Gasteiger partial charge on any atom is -0.307 e. The molecule has 1 saturated carbocycles. The average molecular weight is 308 g/mol. The summed E-state index contributed by atoms with van der Waals surface area (Å²) < 4.78 is 0. The van der Waals surface area contributed by atoms with E-state index in [9.17, 15) is 0 Å². The summed E-state index contributed by atoms with van der Waals surface area (Å²) in [6.07, 6.45) is 8.00. The highest BCUT2D eigenvalue weighted by Gasteiger charge is 2.24. The lowest BCUT2D eigenvalue weighted by Crippen LogP contribution is -2.37. The second-order valence-electron chi connectivity index (χ2n) is 7.04. The summed E-state index contributed by atoms with van der Waals surface area (Å²) >= 11 is 6.00. The van der Waals surface area contributed by atoms with Crippen molar-refractivity contribution in [3.8, 4) is 0 Å². The van der Waals surface area contributed by atoms with Crippen LogP contribution in [-0.4, -0.2) is 6.04 Å². The van der Waals surface area contributed by atoms with E-state index in [1.54, 1.807) is 0 Å². The molecule has 1 aliphatic rings. The van der Waals surface area contributed by atoms with E-state index in [2.05, 4.69) is 38.2 Å². The van der Waals surface area contributed by atoms with Crippen LogP contribution in [0.2, 0.25) is 5.02 Å². The third-order valence-electron chi connectivity index (χ3n) is 4.71. The van der Waals surface area contributed by atoms with E-state index in [0.717, 1.165) is 23.3 Å². The van der Waals surface area contributed by atoms with Gasteiger partial charge in [-0.15, -0.1) is 0 Å². The molecule has 0 aliphatic heterocycles. The lowest BCUT2D eigenvalue weighted by atomic mass is 9.80. The summed E-state index contributed by atoms with van der Waals surface area (Å²) in [6, 6.07) is 9.48. The van der Waals surface area contributed by atoms with E-state index in [1.165, 1.54) is 37.7 Å². The van der Waals surface area contributed by atoms with Gasteiger partial charge in [-0.1, -0.05) is 57.3 Å². The minimum absolute atomic E-state index is 0.463. The molecule has 2 heteroatoms. The molecule has 0 radical (unpaired) electrons. The van der Waals surface area contributed by atoms with Crippen LogP contribution in [0.5, 0.6) is 0 Å². The fourth-order valence-electron chi connectivity index (χ4n) is 3.75. The van der Waals surface area contributed by atoms with Crippen LogP contribution in [0.3, 0.4) is 0 Å². The van der Waals surface area contributed by atoms with Gasteiger partial charge in [0, 0.05) is 17.1 Å². The van der Waals surface area contributed by atoms with Crippen LogP contribution in [0.25, 0.3) is 0 Å². The topological polar surface area (TPSA) is 12.0 Å². The summed E-state index contributed by atoms with van der Waals surface area (Å²) in [5, 5.41) is 4.72.